The first-order valence-electron chi connectivity index (χ1n) is 10.6. The van der Waals surface area contributed by atoms with Crippen molar-refractivity contribution in [2.45, 2.75) is 50.7 Å². The fourth-order valence-corrected chi connectivity index (χ4v) is 4.74. The first kappa shape index (κ1) is 20.7. The maximum atomic E-state index is 13.7. The van der Waals surface area contributed by atoms with E-state index >= 15 is 0 Å². The Morgan fingerprint density at radius 1 is 1.00 bits per heavy atom. The number of rotatable bonds is 5. The van der Waals surface area contributed by atoms with Crippen molar-refractivity contribution >= 4 is 23.4 Å². The summed E-state index contributed by atoms with van der Waals surface area (Å²) in [7, 11) is 1.61. The molecule has 2 amide bonds. The number of piperazine rings is 1. The molecule has 0 aromatic heterocycles. The van der Waals surface area contributed by atoms with Gasteiger partial charge in [0.15, 0.2) is 0 Å². The highest BCUT2D eigenvalue weighted by Gasteiger charge is 2.43. The van der Waals surface area contributed by atoms with E-state index in [9.17, 15) is 9.59 Å². The molecule has 1 heterocycles. The van der Waals surface area contributed by atoms with Crippen LogP contribution in [0.2, 0.25) is 5.02 Å². The van der Waals surface area contributed by atoms with E-state index in [1.54, 1.807) is 24.1 Å². The van der Waals surface area contributed by atoms with E-state index in [4.69, 9.17) is 16.3 Å². The summed E-state index contributed by atoms with van der Waals surface area (Å²) in [4.78, 5) is 30.5. The largest absolute Gasteiger partial charge is 0.496 e. The molecule has 30 heavy (non-hydrogen) atoms. The van der Waals surface area contributed by atoms with Gasteiger partial charge in [-0.3, -0.25) is 9.59 Å². The quantitative estimate of drug-likeness (QED) is 0.702. The summed E-state index contributed by atoms with van der Waals surface area (Å²) in [6.07, 6.45) is 5.36. The molecule has 1 aliphatic carbocycles. The third-order valence-corrected chi connectivity index (χ3v) is 6.44. The molecule has 1 saturated carbocycles. The third kappa shape index (κ3) is 4.17. The molecule has 0 bridgehead atoms. The number of methoxy groups -OCH3 is 1. The summed E-state index contributed by atoms with van der Waals surface area (Å²) in [6.45, 7) is 0.461. The molecule has 0 N–H and O–H groups in total. The summed E-state index contributed by atoms with van der Waals surface area (Å²) >= 11 is 6.08. The van der Waals surface area contributed by atoms with Crippen molar-refractivity contribution in [2.75, 3.05) is 13.7 Å². The van der Waals surface area contributed by atoms with Crippen molar-refractivity contribution < 1.29 is 14.3 Å². The lowest BCUT2D eigenvalue weighted by atomic mass is 9.91. The summed E-state index contributed by atoms with van der Waals surface area (Å²) < 4.78 is 5.47. The maximum absolute atomic E-state index is 13.7. The number of hydrogen-bond acceptors (Lipinski definition) is 3. The molecule has 1 saturated heterocycles. The average molecular weight is 427 g/mol. The van der Waals surface area contributed by atoms with Gasteiger partial charge in [-0.1, -0.05) is 61.2 Å². The van der Waals surface area contributed by atoms with Crippen molar-refractivity contribution in [3.05, 3.63) is 64.7 Å². The minimum atomic E-state index is -0.657. The monoisotopic (exact) mass is 426 g/mol. The van der Waals surface area contributed by atoms with E-state index in [1.165, 1.54) is 6.42 Å². The van der Waals surface area contributed by atoms with Crippen molar-refractivity contribution in [1.82, 2.24) is 9.80 Å². The molecule has 2 fully saturated rings. The van der Waals surface area contributed by atoms with Crippen LogP contribution in [0.3, 0.4) is 0 Å². The van der Waals surface area contributed by atoms with E-state index in [0.29, 0.717) is 17.3 Å². The average Bonchev–Trinajstić information content (AvgIpc) is 2.78. The van der Waals surface area contributed by atoms with Crippen LogP contribution in [-0.2, 0) is 16.1 Å². The highest BCUT2D eigenvalue weighted by Crippen LogP contribution is 2.34. The number of amides is 2. The van der Waals surface area contributed by atoms with Crippen LogP contribution >= 0.6 is 11.6 Å². The summed E-state index contributed by atoms with van der Waals surface area (Å²) in [5.74, 6) is 0.673. The van der Waals surface area contributed by atoms with Gasteiger partial charge >= 0.3 is 0 Å². The van der Waals surface area contributed by atoms with Crippen LogP contribution < -0.4 is 4.74 Å². The van der Waals surface area contributed by atoms with Gasteiger partial charge in [0, 0.05) is 16.6 Å². The Labute approximate surface area is 182 Å². The molecule has 0 spiro atoms. The van der Waals surface area contributed by atoms with Crippen molar-refractivity contribution in [3.63, 3.8) is 0 Å². The summed E-state index contributed by atoms with van der Waals surface area (Å²) in [5.41, 5.74) is 1.67. The van der Waals surface area contributed by atoms with Crippen LogP contribution in [0.4, 0.5) is 0 Å². The Bertz CT molecular complexity index is 909. The lowest BCUT2D eigenvalue weighted by Gasteiger charge is -2.44. The van der Waals surface area contributed by atoms with Gasteiger partial charge in [-0.25, -0.2) is 0 Å². The van der Waals surface area contributed by atoms with Gasteiger partial charge in [-0.05, 0) is 36.6 Å². The minimum Gasteiger partial charge on any atom is -0.496 e. The topological polar surface area (TPSA) is 49.9 Å². The summed E-state index contributed by atoms with van der Waals surface area (Å²) in [6, 6.07) is 14.3. The first-order valence-corrected chi connectivity index (χ1v) is 10.9. The Morgan fingerprint density at radius 3 is 2.40 bits per heavy atom. The van der Waals surface area contributed by atoms with Gasteiger partial charge in [0.1, 0.15) is 18.3 Å². The Morgan fingerprint density at radius 2 is 1.70 bits per heavy atom. The van der Waals surface area contributed by atoms with Crippen LogP contribution in [0, 0.1) is 0 Å². The maximum Gasteiger partial charge on any atom is 0.250 e. The highest BCUT2D eigenvalue weighted by molar-refractivity contribution is 6.30. The number of halogens is 1. The predicted molar refractivity (Wildman–Crippen MR) is 116 cm³/mol. The van der Waals surface area contributed by atoms with Gasteiger partial charge in [0.25, 0.3) is 5.91 Å². The smallest absolute Gasteiger partial charge is 0.250 e. The SMILES string of the molecule is COc1ccccc1CN1C(=O)CN(C2CCCCC2)C(=O)[C@@H]1c1ccc(Cl)cc1. The zero-order chi connectivity index (χ0) is 21.1. The van der Waals surface area contributed by atoms with Crippen LogP contribution in [0.25, 0.3) is 0 Å². The molecule has 1 aliphatic heterocycles. The van der Waals surface area contributed by atoms with Crippen molar-refractivity contribution in [2.24, 2.45) is 0 Å². The normalized spacial score (nSPS) is 20.5. The highest BCUT2D eigenvalue weighted by atomic mass is 35.5. The number of carbonyl (C=O) groups excluding carboxylic acids is 2. The number of benzene rings is 2. The molecule has 0 radical (unpaired) electrons. The number of nitrogens with zero attached hydrogens (tertiary/aromatic N) is 2. The Kier molecular flexibility index (Phi) is 6.28. The molecular formula is C24H27ClN2O3. The molecule has 158 valence electrons. The first-order chi connectivity index (χ1) is 14.6. The predicted octanol–water partition coefficient (Wildman–Crippen LogP) is 4.59. The van der Waals surface area contributed by atoms with Crippen LogP contribution in [0.5, 0.6) is 5.75 Å². The second kappa shape index (κ2) is 9.09. The zero-order valence-electron chi connectivity index (χ0n) is 17.2. The number of para-hydroxylation sites is 1. The second-order valence-electron chi connectivity index (χ2n) is 8.05. The zero-order valence-corrected chi connectivity index (χ0v) is 18.0. The van der Waals surface area contributed by atoms with Crippen LogP contribution in [-0.4, -0.2) is 41.3 Å². The number of hydrogen-bond donors (Lipinski definition) is 0. The number of ether oxygens (including phenoxy) is 1. The van der Waals surface area contributed by atoms with E-state index in [0.717, 1.165) is 36.8 Å². The van der Waals surface area contributed by atoms with Crippen molar-refractivity contribution in [1.29, 1.82) is 0 Å². The Balaban J connectivity index is 1.69. The van der Waals surface area contributed by atoms with Crippen LogP contribution in [0.1, 0.15) is 49.3 Å². The van der Waals surface area contributed by atoms with Gasteiger partial charge in [-0.2, -0.15) is 0 Å². The Hall–Kier alpha value is -2.53. The van der Waals surface area contributed by atoms with Gasteiger partial charge in [0.2, 0.25) is 5.91 Å². The number of carbonyl (C=O) groups is 2. The third-order valence-electron chi connectivity index (χ3n) is 6.19. The molecule has 2 aromatic carbocycles. The fraction of sp³-hybridized carbons (Fsp3) is 0.417. The molecule has 0 unspecified atom stereocenters. The van der Waals surface area contributed by atoms with E-state index in [2.05, 4.69) is 0 Å². The van der Waals surface area contributed by atoms with Gasteiger partial charge in [0.05, 0.1) is 13.7 Å². The molecule has 6 heteroatoms. The summed E-state index contributed by atoms with van der Waals surface area (Å²) in [5, 5.41) is 0.605. The molecular weight excluding hydrogens is 400 g/mol. The molecule has 4 rings (SSSR count). The lowest BCUT2D eigenvalue weighted by Crippen LogP contribution is -2.58. The van der Waals surface area contributed by atoms with E-state index < -0.39 is 6.04 Å². The molecule has 2 aromatic rings. The molecule has 1 atom stereocenters. The van der Waals surface area contributed by atoms with Gasteiger partial charge in [-0.15, -0.1) is 0 Å². The molecule has 2 aliphatic rings. The fourth-order valence-electron chi connectivity index (χ4n) is 4.61. The standard InChI is InChI=1S/C24H27ClN2O3/c1-30-21-10-6-5-7-18(21)15-27-22(28)16-26(20-8-3-2-4-9-20)24(29)23(27)17-11-13-19(25)14-12-17/h5-7,10-14,20,23H,2-4,8-9,15-16H2,1H3/t23-/m0/s1. The van der Waals surface area contributed by atoms with Crippen molar-refractivity contribution in [3.8, 4) is 5.75 Å². The molecule has 5 nitrogen and oxygen atoms in total. The second-order valence-corrected chi connectivity index (χ2v) is 8.48. The van der Waals surface area contributed by atoms with E-state index in [-0.39, 0.29) is 24.4 Å². The van der Waals surface area contributed by atoms with Crippen LogP contribution in [0.15, 0.2) is 48.5 Å². The lowest BCUT2D eigenvalue weighted by molar-refractivity contribution is -0.160. The van der Waals surface area contributed by atoms with Gasteiger partial charge < -0.3 is 14.5 Å². The van der Waals surface area contributed by atoms with E-state index in [1.807, 2.05) is 41.3 Å². The minimum absolute atomic E-state index is 0.00118.